The van der Waals surface area contributed by atoms with Crippen molar-refractivity contribution in [2.24, 2.45) is 0 Å². The maximum atomic E-state index is 12.7. The average molecular weight is 420 g/mol. The molecule has 0 aliphatic carbocycles. The first-order chi connectivity index (χ1) is 14.8. The number of benzene rings is 2. The summed E-state index contributed by atoms with van der Waals surface area (Å²) in [6.07, 6.45) is 0. The third-order valence-corrected chi connectivity index (χ3v) is 5.04. The Morgan fingerprint density at radius 3 is 2.45 bits per heavy atom. The van der Waals surface area contributed by atoms with Crippen molar-refractivity contribution in [1.82, 2.24) is 14.9 Å². The number of nitro groups is 1. The molecule has 0 saturated heterocycles. The number of nitro benzene ring substituents is 1. The highest BCUT2D eigenvalue weighted by atomic mass is 16.6. The van der Waals surface area contributed by atoms with E-state index in [0.717, 1.165) is 6.07 Å². The van der Waals surface area contributed by atoms with Gasteiger partial charge in [-0.2, -0.15) is 0 Å². The van der Waals surface area contributed by atoms with E-state index in [0.29, 0.717) is 27.3 Å². The van der Waals surface area contributed by atoms with Gasteiger partial charge in [0, 0.05) is 6.07 Å². The predicted octanol–water partition coefficient (Wildman–Crippen LogP) is 2.57. The molecule has 2 heterocycles. The maximum absolute atomic E-state index is 12.7. The summed E-state index contributed by atoms with van der Waals surface area (Å²) in [4.78, 5) is 58.0. The number of ether oxygens (including phenoxy) is 1. The van der Waals surface area contributed by atoms with Gasteiger partial charge in [0.2, 0.25) is 0 Å². The van der Waals surface area contributed by atoms with Crippen molar-refractivity contribution in [3.05, 3.63) is 75.1 Å². The normalized spacial score (nSPS) is 13.9. The first kappa shape index (κ1) is 20.1. The first-order valence-electron chi connectivity index (χ1n) is 9.33. The number of hydrogen-bond acceptors (Lipinski definition) is 8. The molecule has 0 spiro atoms. The topological polar surface area (TPSA) is 133 Å². The Morgan fingerprint density at radius 2 is 1.77 bits per heavy atom. The van der Waals surface area contributed by atoms with Crippen LogP contribution in [0.25, 0.3) is 11.0 Å². The highest BCUT2D eigenvalue weighted by Gasteiger charge is 2.45. The lowest BCUT2D eigenvalue weighted by Gasteiger charge is -2.20. The smallest absolute Gasteiger partial charge is 0.329 e. The van der Waals surface area contributed by atoms with Crippen LogP contribution in [-0.2, 0) is 16.1 Å². The number of rotatable bonds is 5. The molecule has 10 nitrogen and oxygen atoms in total. The van der Waals surface area contributed by atoms with E-state index >= 15 is 0 Å². The molecule has 31 heavy (non-hydrogen) atoms. The lowest BCUT2D eigenvalue weighted by Crippen LogP contribution is -2.43. The van der Waals surface area contributed by atoms with Crippen LogP contribution < -0.4 is 0 Å². The molecule has 0 fully saturated rings. The van der Waals surface area contributed by atoms with Crippen molar-refractivity contribution in [3.8, 4) is 0 Å². The standard InChI is InChI=1S/C21H16N4O6/c1-11-16(23-15-8-4-3-7-14(15)22-11)10-31-21(28)12(2)24-19(26)13-6-5-9-17(25(29)30)18(13)20(24)27/h3-9,12H,10H2,1-2H3/t12-/m0/s1. The van der Waals surface area contributed by atoms with Crippen LogP contribution in [-0.4, -0.2) is 43.6 Å². The highest BCUT2D eigenvalue weighted by Crippen LogP contribution is 2.32. The number of aryl methyl sites for hydroxylation is 1. The number of imide groups is 1. The van der Waals surface area contributed by atoms with Gasteiger partial charge in [-0.25, -0.2) is 14.8 Å². The molecule has 2 amide bonds. The molecule has 1 atom stereocenters. The molecule has 0 N–H and O–H groups in total. The summed E-state index contributed by atoms with van der Waals surface area (Å²) in [5.74, 6) is -2.53. The van der Waals surface area contributed by atoms with Crippen LogP contribution in [0.1, 0.15) is 39.0 Å². The van der Waals surface area contributed by atoms with Crippen LogP contribution in [0.2, 0.25) is 0 Å². The monoisotopic (exact) mass is 420 g/mol. The second-order valence-electron chi connectivity index (χ2n) is 6.97. The van der Waals surface area contributed by atoms with E-state index < -0.39 is 34.4 Å². The van der Waals surface area contributed by atoms with E-state index in [9.17, 15) is 24.5 Å². The number of amides is 2. The van der Waals surface area contributed by atoms with Gasteiger partial charge in [-0.3, -0.25) is 24.6 Å². The van der Waals surface area contributed by atoms with Gasteiger partial charge in [-0.1, -0.05) is 18.2 Å². The van der Waals surface area contributed by atoms with Gasteiger partial charge in [-0.05, 0) is 32.0 Å². The molecule has 1 aliphatic rings. The highest BCUT2D eigenvalue weighted by molar-refractivity contribution is 6.24. The molecule has 0 unspecified atom stereocenters. The minimum Gasteiger partial charge on any atom is -0.458 e. The number of carbonyl (C=O) groups excluding carboxylic acids is 3. The Balaban J connectivity index is 1.53. The molecular formula is C21H16N4O6. The zero-order valence-electron chi connectivity index (χ0n) is 16.6. The second-order valence-corrected chi connectivity index (χ2v) is 6.97. The summed E-state index contributed by atoms with van der Waals surface area (Å²) >= 11 is 0. The predicted molar refractivity (Wildman–Crippen MR) is 107 cm³/mol. The van der Waals surface area contributed by atoms with Gasteiger partial charge in [-0.15, -0.1) is 0 Å². The molecule has 1 aliphatic heterocycles. The van der Waals surface area contributed by atoms with Gasteiger partial charge in [0.1, 0.15) is 18.2 Å². The Hall–Kier alpha value is -4.21. The summed E-state index contributed by atoms with van der Waals surface area (Å²) in [5, 5.41) is 11.2. The van der Waals surface area contributed by atoms with Crippen LogP contribution >= 0.6 is 0 Å². The molecule has 10 heteroatoms. The van der Waals surface area contributed by atoms with Gasteiger partial charge < -0.3 is 4.74 Å². The average Bonchev–Trinajstić information content (AvgIpc) is 3.01. The first-order valence-corrected chi connectivity index (χ1v) is 9.33. The fourth-order valence-electron chi connectivity index (χ4n) is 3.42. The van der Waals surface area contributed by atoms with Crippen LogP contribution in [0.4, 0.5) is 5.69 Å². The van der Waals surface area contributed by atoms with Crippen molar-refractivity contribution in [1.29, 1.82) is 0 Å². The van der Waals surface area contributed by atoms with Crippen molar-refractivity contribution in [2.75, 3.05) is 0 Å². The van der Waals surface area contributed by atoms with E-state index in [4.69, 9.17) is 4.74 Å². The third-order valence-electron chi connectivity index (χ3n) is 5.04. The quantitative estimate of drug-likeness (QED) is 0.266. The minimum absolute atomic E-state index is 0.116. The molecule has 2 aromatic carbocycles. The van der Waals surface area contributed by atoms with Crippen LogP contribution in [0.15, 0.2) is 42.5 Å². The largest absolute Gasteiger partial charge is 0.458 e. The number of nitrogens with zero attached hydrogens (tertiary/aromatic N) is 4. The van der Waals surface area contributed by atoms with Gasteiger partial charge in [0.05, 0.1) is 32.9 Å². The van der Waals surface area contributed by atoms with Gasteiger partial charge >= 0.3 is 5.97 Å². The van der Waals surface area contributed by atoms with Crippen LogP contribution in [0, 0.1) is 17.0 Å². The van der Waals surface area contributed by atoms with Crippen molar-refractivity contribution in [3.63, 3.8) is 0 Å². The number of esters is 1. The van der Waals surface area contributed by atoms with Crippen LogP contribution in [0.3, 0.4) is 0 Å². The number of fused-ring (bicyclic) bond motifs is 2. The SMILES string of the molecule is Cc1nc2ccccc2nc1COC(=O)[C@H](C)N1C(=O)c2cccc([N+](=O)[O-])c2C1=O. The number of aromatic nitrogens is 2. The van der Waals surface area contributed by atoms with E-state index in [2.05, 4.69) is 9.97 Å². The molecule has 156 valence electrons. The Bertz CT molecular complexity index is 1270. The van der Waals surface area contributed by atoms with Crippen LogP contribution in [0.5, 0.6) is 0 Å². The molecule has 3 aromatic rings. The van der Waals surface area contributed by atoms with E-state index in [1.807, 2.05) is 18.2 Å². The number of carbonyl (C=O) groups is 3. The maximum Gasteiger partial charge on any atom is 0.329 e. The van der Waals surface area contributed by atoms with Crippen molar-refractivity contribution in [2.45, 2.75) is 26.5 Å². The molecule has 0 bridgehead atoms. The van der Waals surface area contributed by atoms with Gasteiger partial charge in [0.25, 0.3) is 17.5 Å². The zero-order chi connectivity index (χ0) is 22.3. The number of hydrogen-bond donors (Lipinski definition) is 0. The molecular weight excluding hydrogens is 404 g/mol. The fourth-order valence-corrected chi connectivity index (χ4v) is 3.42. The summed E-state index contributed by atoms with van der Waals surface area (Å²) in [6.45, 7) is 2.86. The fraction of sp³-hybridized carbons (Fsp3) is 0.190. The Kier molecular flexibility index (Phi) is 4.90. The number of para-hydroxylation sites is 2. The Labute approximate surface area is 175 Å². The molecule has 1 aromatic heterocycles. The zero-order valence-corrected chi connectivity index (χ0v) is 16.6. The lowest BCUT2D eigenvalue weighted by molar-refractivity contribution is -0.385. The lowest BCUT2D eigenvalue weighted by atomic mass is 10.1. The minimum atomic E-state index is -1.28. The summed E-state index contributed by atoms with van der Waals surface area (Å²) in [7, 11) is 0. The second kappa shape index (κ2) is 7.56. The molecule has 0 saturated carbocycles. The van der Waals surface area contributed by atoms with E-state index in [1.54, 1.807) is 13.0 Å². The third kappa shape index (κ3) is 3.37. The summed E-state index contributed by atoms with van der Waals surface area (Å²) < 4.78 is 5.28. The summed E-state index contributed by atoms with van der Waals surface area (Å²) in [6, 6.07) is 9.73. The van der Waals surface area contributed by atoms with E-state index in [-0.39, 0.29) is 17.7 Å². The van der Waals surface area contributed by atoms with Crippen molar-refractivity contribution < 1.29 is 24.0 Å². The summed E-state index contributed by atoms with van der Waals surface area (Å²) in [5.41, 5.74) is 1.44. The van der Waals surface area contributed by atoms with E-state index in [1.165, 1.54) is 19.1 Å². The van der Waals surface area contributed by atoms with Gasteiger partial charge in [0.15, 0.2) is 0 Å². The molecule has 0 radical (unpaired) electrons. The Morgan fingerprint density at radius 1 is 1.10 bits per heavy atom. The van der Waals surface area contributed by atoms with Crippen molar-refractivity contribution >= 4 is 34.5 Å². The molecule has 4 rings (SSSR count).